The van der Waals surface area contributed by atoms with E-state index < -0.39 is 17.8 Å². The van der Waals surface area contributed by atoms with Gasteiger partial charge in [-0.05, 0) is 55.2 Å². The average molecular weight is 421 g/mol. The van der Waals surface area contributed by atoms with E-state index in [-0.39, 0.29) is 17.6 Å². The van der Waals surface area contributed by atoms with E-state index in [0.29, 0.717) is 22.1 Å². The molecule has 0 aliphatic carbocycles. The van der Waals surface area contributed by atoms with Crippen LogP contribution < -0.4 is 15.9 Å². The summed E-state index contributed by atoms with van der Waals surface area (Å²) in [5.74, 6) is -1.32. The molecule has 2 heterocycles. The molecule has 3 rings (SSSR count). The van der Waals surface area contributed by atoms with E-state index in [1.54, 1.807) is 6.08 Å². The zero-order chi connectivity index (χ0) is 21.0. The number of benzene rings is 1. The lowest BCUT2D eigenvalue weighted by Crippen LogP contribution is -2.45. The zero-order valence-electron chi connectivity index (χ0n) is 16.5. The normalized spacial score (nSPS) is 19.6. The summed E-state index contributed by atoms with van der Waals surface area (Å²) in [6, 6.07) is 3.02. The molecule has 2 aliphatic rings. The van der Waals surface area contributed by atoms with Crippen molar-refractivity contribution in [1.82, 2.24) is 10.4 Å². The highest BCUT2D eigenvalue weighted by Gasteiger charge is 2.27. The lowest BCUT2D eigenvalue weighted by atomic mass is 10.0. The Morgan fingerprint density at radius 2 is 2.24 bits per heavy atom. The number of carbonyl (C=O) groups excluding carboxylic acids is 2. The highest BCUT2D eigenvalue weighted by Crippen LogP contribution is 2.33. The van der Waals surface area contributed by atoms with Gasteiger partial charge in [0.1, 0.15) is 17.6 Å². The average Bonchev–Trinajstić information content (AvgIpc) is 3.04. The van der Waals surface area contributed by atoms with Crippen molar-refractivity contribution in [1.29, 1.82) is 0 Å². The predicted molar refractivity (Wildman–Crippen MR) is 111 cm³/mol. The largest absolute Gasteiger partial charge is 0.425 e. The Bertz CT molecular complexity index is 850. The van der Waals surface area contributed by atoms with Gasteiger partial charge in [0.2, 0.25) is 0 Å². The maximum atomic E-state index is 13.8. The third-order valence-corrected chi connectivity index (χ3v) is 5.46. The van der Waals surface area contributed by atoms with Gasteiger partial charge in [0.05, 0.1) is 4.91 Å². The van der Waals surface area contributed by atoms with Crippen molar-refractivity contribution < 1.29 is 18.7 Å². The number of nitrogens with one attached hydrogen (secondary N) is 1. The number of nitrogens with zero attached hydrogens (tertiary/aromatic N) is 2. The molecule has 1 aromatic carbocycles. The van der Waals surface area contributed by atoms with Crippen LogP contribution in [-0.4, -0.2) is 41.2 Å². The Morgan fingerprint density at radius 1 is 1.45 bits per heavy atom. The molecule has 0 bridgehead atoms. The molecule has 0 aromatic heterocycles. The SMILES string of the molecule is CC(C)C[C@@H](N)C(=O)Oc1cc(F)ccc1/C=C1/SC(N2CCCCN2)=NC1=O. The van der Waals surface area contributed by atoms with E-state index in [0.717, 1.165) is 32.0 Å². The molecule has 2 aliphatic heterocycles. The van der Waals surface area contributed by atoms with Crippen molar-refractivity contribution in [2.24, 2.45) is 16.6 Å². The Labute approximate surface area is 173 Å². The molecule has 1 amide bonds. The molecule has 0 spiro atoms. The summed E-state index contributed by atoms with van der Waals surface area (Å²) in [6.07, 6.45) is 4.12. The highest BCUT2D eigenvalue weighted by atomic mass is 32.2. The summed E-state index contributed by atoms with van der Waals surface area (Å²) in [5.41, 5.74) is 9.49. The van der Waals surface area contributed by atoms with Gasteiger partial charge in [-0.2, -0.15) is 4.99 Å². The smallest absolute Gasteiger partial charge is 0.328 e. The van der Waals surface area contributed by atoms with Gasteiger partial charge >= 0.3 is 5.97 Å². The number of hydrogen-bond donors (Lipinski definition) is 2. The maximum absolute atomic E-state index is 13.8. The number of rotatable bonds is 5. The molecular weight excluding hydrogens is 395 g/mol. The fourth-order valence-electron chi connectivity index (χ4n) is 3.01. The maximum Gasteiger partial charge on any atom is 0.328 e. The first-order valence-corrected chi connectivity index (χ1v) is 10.5. The summed E-state index contributed by atoms with van der Waals surface area (Å²) in [7, 11) is 0. The van der Waals surface area contributed by atoms with Crippen LogP contribution in [0.1, 0.15) is 38.7 Å². The Kier molecular flexibility index (Phi) is 7.05. The fourth-order valence-corrected chi connectivity index (χ4v) is 3.92. The van der Waals surface area contributed by atoms with Gasteiger partial charge in [-0.3, -0.25) is 9.80 Å². The molecule has 1 fully saturated rings. The van der Waals surface area contributed by atoms with Crippen molar-refractivity contribution in [2.75, 3.05) is 13.1 Å². The van der Waals surface area contributed by atoms with Gasteiger partial charge in [0, 0.05) is 24.7 Å². The van der Waals surface area contributed by atoms with Crippen LogP contribution in [-0.2, 0) is 9.59 Å². The lowest BCUT2D eigenvalue weighted by Gasteiger charge is -2.28. The quantitative estimate of drug-likeness (QED) is 0.429. The van der Waals surface area contributed by atoms with Crippen molar-refractivity contribution in [2.45, 2.75) is 39.2 Å². The Morgan fingerprint density at radius 3 is 2.93 bits per heavy atom. The van der Waals surface area contributed by atoms with Crippen molar-refractivity contribution >= 4 is 34.9 Å². The van der Waals surface area contributed by atoms with E-state index in [2.05, 4.69) is 10.4 Å². The van der Waals surface area contributed by atoms with Gasteiger partial charge in [0.15, 0.2) is 5.17 Å². The molecule has 1 aromatic rings. The monoisotopic (exact) mass is 420 g/mol. The number of thioether (sulfide) groups is 1. The van der Waals surface area contributed by atoms with Crippen LogP contribution in [0.5, 0.6) is 5.75 Å². The van der Waals surface area contributed by atoms with E-state index >= 15 is 0 Å². The number of halogens is 1. The van der Waals surface area contributed by atoms with Gasteiger partial charge < -0.3 is 10.5 Å². The predicted octanol–water partition coefficient (Wildman–Crippen LogP) is 2.68. The Hall–Kier alpha value is -2.23. The molecule has 156 valence electrons. The minimum atomic E-state index is -0.804. The van der Waals surface area contributed by atoms with Gasteiger partial charge in [0.25, 0.3) is 5.91 Å². The number of nitrogens with two attached hydrogens (primary N) is 1. The molecule has 0 saturated carbocycles. The highest BCUT2D eigenvalue weighted by molar-refractivity contribution is 8.18. The molecule has 1 atom stereocenters. The van der Waals surface area contributed by atoms with Crippen LogP contribution in [0.25, 0.3) is 6.08 Å². The number of amides is 1. The van der Waals surface area contributed by atoms with Gasteiger partial charge in [-0.1, -0.05) is 13.8 Å². The minimum Gasteiger partial charge on any atom is -0.425 e. The van der Waals surface area contributed by atoms with E-state index in [9.17, 15) is 14.0 Å². The minimum absolute atomic E-state index is 0.0275. The van der Waals surface area contributed by atoms with Crippen molar-refractivity contribution in [3.63, 3.8) is 0 Å². The molecule has 29 heavy (non-hydrogen) atoms. The van der Waals surface area contributed by atoms with Gasteiger partial charge in [-0.25, -0.2) is 14.6 Å². The van der Waals surface area contributed by atoms with Crippen molar-refractivity contribution in [3.05, 3.63) is 34.5 Å². The molecule has 7 nitrogen and oxygen atoms in total. The van der Waals surface area contributed by atoms with Crippen molar-refractivity contribution in [3.8, 4) is 5.75 Å². The van der Waals surface area contributed by atoms with Crippen LogP contribution in [0.2, 0.25) is 0 Å². The number of ether oxygens (including phenoxy) is 1. The first kappa shape index (κ1) is 21.5. The van der Waals surface area contributed by atoms with Crippen LogP contribution in [0.15, 0.2) is 28.1 Å². The van der Waals surface area contributed by atoms with Crippen LogP contribution >= 0.6 is 11.8 Å². The molecule has 0 unspecified atom stereocenters. The standard InChI is InChI=1S/C20H25FN4O3S/c1-12(2)9-15(22)19(27)28-16-11-14(21)6-5-13(16)10-17-18(26)24-20(29-17)25-8-4-3-7-23-25/h5-6,10-12,15,23H,3-4,7-9,22H2,1-2H3/b17-10+/t15-/m1/s1. The summed E-state index contributed by atoms with van der Waals surface area (Å²) < 4.78 is 19.1. The zero-order valence-corrected chi connectivity index (χ0v) is 17.3. The first-order valence-electron chi connectivity index (χ1n) is 9.64. The molecule has 3 N–H and O–H groups in total. The summed E-state index contributed by atoms with van der Waals surface area (Å²) in [6.45, 7) is 5.51. The molecule has 1 saturated heterocycles. The number of amidine groups is 1. The van der Waals surface area contributed by atoms with Crippen LogP contribution in [0.3, 0.4) is 0 Å². The summed E-state index contributed by atoms with van der Waals surface area (Å²) in [4.78, 5) is 29.1. The third-order valence-electron chi connectivity index (χ3n) is 4.45. The van der Waals surface area contributed by atoms with Crippen LogP contribution in [0, 0.1) is 11.7 Å². The number of hydrogen-bond acceptors (Lipinski definition) is 7. The summed E-state index contributed by atoms with van der Waals surface area (Å²) >= 11 is 1.23. The second kappa shape index (κ2) is 9.51. The third kappa shape index (κ3) is 5.65. The van der Waals surface area contributed by atoms with E-state index in [4.69, 9.17) is 10.5 Å². The molecule has 0 radical (unpaired) electrons. The topological polar surface area (TPSA) is 97.0 Å². The molecular formula is C20H25FN4O3S. The number of esters is 1. The fraction of sp³-hybridized carbons (Fsp3) is 0.450. The lowest BCUT2D eigenvalue weighted by molar-refractivity contribution is -0.136. The Balaban J connectivity index is 1.77. The summed E-state index contributed by atoms with van der Waals surface area (Å²) in [5, 5.41) is 2.45. The van der Waals surface area contributed by atoms with Crippen LogP contribution in [0.4, 0.5) is 4.39 Å². The molecule has 9 heteroatoms. The first-order chi connectivity index (χ1) is 13.8. The second-order valence-electron chi connectivity index (χ2n) is 7.42. The number of aliphatic imine (C=N–C) groups is 1. The van der Waals surface area contributed by atoms with E-state index in [1.807, 2.05) is 18.9 Å². The number of carbonyl (C=O) groups is 2. The number of hydrazine groups is 1. The van der Waals surface area contributed by atoms with E-state index in [1.165, 1.54) is 23.9 Å². The second-order valence-corrected chi connectivity index (χ2v) is 8.43. The van der Waals surface area contributed by atoms with Gasteiger partial charge in [-0.15, -0.1) is 0 Å².